The van der Waals surface area contributed by atoms with Gasteiger partial charge in [0.1, 0.15) is 0 Å². The van der Waals surface area contributed by atoms with Gasteiger partial charge in [0, 0.05) is 10.2 Å². The zero-order valence-electron chi connectivity index (χ0n) is 11.2. The van der Waals surface area contributed by atoms with Crippen molar-refractivity contribution in [3.05, 3.63) is 27.2 Å². The van der Waals surface area contributed by atoms with Gasteiger partial charge in [-0.3, -0.25) is 0 Å². The molecule has 0 spiro atoms. The molecule has 112 valence electrons. The molecular weight excluding hydrogens is 363 g/mol. The summed E-state index contributed by atoms with van der Waals surface area (Å²) in [5, 5.41) is 2.66. The summed E-state index contributed by atoms with van der Waals surface area (Å²) in [6.07, 6.45) is -4.43. The minimum Gasteiger partial charge on any atom is -0.376 e. The Morgan fingerprint density at radius 1 is 1.21 bits per heavy atom. The Hall–Kier alpha value is -0.0700. The number of rotatable bonds is 2. The van der Waals surface area contributed by atoms with Crippen molar-refractivity contribution in [2.24, 2.45) is 0 Å². The SMILES string of the molecule is CC.CC.FC(F)(F)c1cc(NCS)cc(Cl)c1Br. The van der Waals surface area contributed by atoms with Crippen molar-refractivity contribution in [3.63, 3.8) is 0 Å². The average molecular weight is 381 g/mol. The van der Waals surface area contributed by atoms with Gasteiger partial charge in [0.05, 0.1) is 16.5 Å². The molecule has 0 aromatic heterocycles. The standard InChI is InChI=1S/C8H6BrClF3NS.2C2H6/c9-7-5(8(11,12)13)1-4(14-3-15)2-6(7)10;2*1-2/h1-2,14-15H,3H2;2*1-2H3. The van der Waals surface area contributed by atoms with Crippen LogP contribution in [-0.4, -0.2) is 5.88 Å². The number of benzene rings is 1. The van der Waals surface area contributed by atoms with E-state index in [9.17, 15) is 13.2 Å². The molecule has 1 rings (SSSR count). The lowest BCUT2D eigenvalue weighted by Crippen LogP contribution is -2.07. The second kappa shape index (κ2) is 10.7. The molecule has 0 saturated carbocycles. The fourth-order valence-electron chi connectivity index (χ4n) is 0.989. The Morgan fingerprint density at radius 3 is 2.05 bits per heavy atom. The van der Waals surface area contributed by atoms with E-state index >= 15 is 0 Å². The summed E-state index contributed by atoms with van der Waals surface area (Å²) in [6, 6.07) is 2.38. The second-order valence-electron chi connectivity index (χ2n) is 2.65. The van der Waals surface area contributed by atoms with Crippen molar-refractivity contribution in [3.8, 4) is 0 Å². The van der Waals surface area contributed by atoms with Crippen LogP contribution < -0.4 is 5.32 Å². The topological polar surface area (TPSA) is 12.0 Å². The predicted octanol–water partition coefficient (Wildman–Crippen LogP) is 6.47. The highest BCUT2D eigenvalue weighted by molar-refractivity contribution is 9.10. The van der Waals surface area contributed by atoms with Crippen LogP contribution in [-0.2, 0) is 6.18 Å². The molecule has 7 heteroatoms. The van der Waals surface area contributed by atoms with Crippen LogP contribution in [0.5, 0.6) is 0 Å². The highest BCUT2D eigenvalue weighted by atomic mass is 79.9. The van der Waals surface area contributed by atoms with Crippen LogP contribution in [0.15, 0.2) is 16.6 Å². The fourth-order valence-corrected chi connectivity index (χ4v) is 1.84. The summed E-state index contributed by atoms with van der Waals surface area (Å²) in [5.41, 5.74) is -0.523. The molecular formula is C12H18BrClF3NS. The summed E-state index contributed by atoms with van der Waals surface area (Å²) in [7, 11) is 0. The Morgan fingerprint density at radius 2 is 1.68 bits per heavy atom. The first-order chi connectivity index (χ1) is 8.86. The Labute approximate surface area is 131 Å². The maximum Gasteiger partial charge on any atom is 0.417 e. The van der Waals surface area contributed by atoms with Crippen molar-refractivity contribution < 1.29 is 13.2 Å². The number of hydrogen-bond donors (Lipinski definition) is 2. The predicted molar refractivity (Wildman–Crippen MR) is 84.3 cm³/mol. The summed E-state index contributed by atoms with van der Waals surface area (Å²) < 4.78 is 37.4. The number of anilines is 1. The van der Waals surface area contributed by atoms with E-state index in [1.54, 1.807) is 0 Å². The first-order valence-corrected chi connectivity index (χ1v) is 7.57. The highest BCUT2D eigenvalue weighted by Gasteiger charge is 2.34. The maximum atomic E-state index is 12.5. The van der Waals surface area contributed by atoms with Crippen molar-refractivity contribution >= 4 is 45.8 Å². The minimum atomic E-state index is -4.43. The third-order valence-corrected chi connectivity index (χ3v) is 3.16. The molecule has 19 heavy (non-hydrogen) atoms. The molecule has 0 heterocycles. The van der Waals surface area contributed by atoms with Crippen LogP contribution >= 0.6 is 40.2 Å². The Kier molecular flexibility index (Phi) is 11.9. The normalized spacial score (nSPS) is 9.79. The van der Waals surface area contributed by atoms with Crippen LogP contribution in [0.25, 0.3) is 0 Å². The van der Waals surface area contributed by atoms with Gasteiger partial charge in [0.25, 0.3) is 0 Å². The number of alkyl halides is 3. The Bertz CT molecular complexity index is 373. The van der Waals surface area contributed by atoms with Crippen LogP contribution in [0.3, 0.4) is 0 Å². The number of halogens is 5. The molecule has 0 aliphatic carbocycles. The van der Waals surface area contributed by atoms with Crippen molar-refractivity contribution in [1.82, 2.24) is 0 Å². The summed E-state index contributed by atoms with van der Waals surface area (Å²) in [4.78, 5) is 0. The molecule has 1 aromatic carbocycles. The lowest BCUT2D eigenvalue weighted by atomic mass is 10.2. The highest BCUT2D eigenvalue weighted by Crippen LogP contribution is 2.40. The van der Waals surface area contributed by atoms with E-state index in [1.165, 1.54) is 6.07 Å². The second-order valence-corrected chi connectivity index (χ2v) is 4.17. The third kappa shape index (κ3) is 7.32. The molecule has 0 aliphatic heterocycles. The van der Waals surface area contributed by atoms with Crippen molar-refractivity contribution in [2.45, 2.75) is 33.9 Å². The van der Waals surface area contributed by atoms with Crippen LogP contribution in [0.4, 0.5) is 18.9 Å². The smallest absolute Gasteiger partial charge is 0.376 e. The van der Waals surface area contributed by atoms with Crippen molar-refractivity contribution in [1.29, 1.82) is 0 Å². The van der Waals surface area contributed by atoms with Crippen molar-refractivity contribution in [2.75, 3.05) is 11.2 Å². The first kappa shape index (κ1) is 21.2. The van der Waals surface area contributed by atoms with Gasteiger partial charge in [-0.05, 0) is 28.1 Å². The van der Waals surface area contributed by atoms with Gasteiger partial charge in [-0.2, -0.15) is 25.8 Å². The molecule has 0 aliphatic rings. The molecule has 0 unspecified atom stereocenters. The summed E-state index contributed by atoms with van der Waals surface area (Å²) in [5.74, 6) is 0.231. The van der Waals surface area contributed by atoms with Gasteiger partial charge in [-0.15, -0.1) is 0 Å². The van der Waals surface area contributed by atoms with E-state index < -0.39 is 11.7 Å². The minimum absolute atomic E-state index is 0.00843. The van der Waals surface area contributed by atoms with Gasteiger partial charge in [0.2, 0.25) is 0 Å². The molecule has 1 aromatic rings. The van der Waals surface area contributed by atoms with Crippen LogP contribution in [0.1, 0.15) is 33.3 Å². The van der Waals surface area contributed by atoms with Gasteiger partial charge in [-0.25, -0.2) is 0 Å². The third-order valence-electron chi connectivity index (χ3n) is 1.62. The summed E-state index contributed by atoms with van der Waals surface area (Å²) >= 11 is 12.3. The zero-order chi connectivity index (χ0) is 15.6. The first-order valence-electron chi connectivity index (χ1n) is 5.77. The molecule has 0 fully saturated rings. The van der Waals surface area contributed by atoms with E-state index in [2.05, 4.69) is 33.9 Å². The molecule has 1 N–H and O–H groups in total. The Balaban J connectivity index is 0. The number of thiol groups is 1. The zero-order valence-corrected chi connectivity index (χ0v) is 14.4. The van der Waals surface area contributed by atoms with E-state index in [0.29, 0.717) is 0 Å². The summed E-state index contributed by atoms with van der Waals surface area (Å²) in [6.45, 7) is 8.00. The van der Waals surface area contributed by atoms with Gasteiger partial charge in [0.15, 0.2) is 0 Å². The molecule has 0 saturated heterocycles. The lowest BCUT2D eigenvalue weighted by Gasteiger charge is -2.13. The average Bonchev–Trinajstić information content (AvgIpc) is 2.37. The van der Waals surface area contributed by atoms with Crippen LogP contribution in [0, 0.1) is 0 Å². The van der Waals surface area contributed by atoms with E-state index in [0.717, 1.165) is 6.07 Å². The molecule has 1 nitrogen and oxygen atoms in total. The largest absolute Gasteiger partial charge is 0.417 e. The van der Waals surface area contributed by atoms with Crippen LogP contribution in [0.2, 0.25) is 5.02 Å². The monoisotopic (exact) mass is 379 g/mol. The van der Waals surface area contributed by atoms with Gasteiger partial charge in [-0.1, -0.05) is 39.3 Å². The number of nitrogens with one attached hydrogen (secondary N) is 1. The molecule has 0 amide bonds. The number of hydrogen-bond acceptors (Lipinski definition) is 2. The maximum absolute atomic E-state index is 12.5. The fraction of sp³-hybridized carbons (Fsp3) is 0.500. The molecule has 0 atom stereocenters. The van der Waals surface area contributed by atoms with Gasteiger partial charge >= 0.3 is 6.18 Å². The quantitative estimate of drug-likeness (QED) is 0.442. The lowest BCUT2D eigenvalue weighted by molar-refractivity contribution is -0.138. The molecule has 0 radical (unpaired) electrons. The van der Waals surface area contributed by atoms with Gasteiger partial charge < -0.3 is 5.32 Å². The van der Waals surface area contributed by atoms with E-state index in [1.807, 2.05) is 27.7 Å². The van der Waals surface area contributed by atoms with E-state index in [-0.39, 0.29) is 21.1 Å². The van der Waals surface area contributed by atoms with E-state index in [4.69, 9.17) is 11.6 Å². The molecule has 0 bridgehead atoms.